The maximum absolute atomic E-state index is 4.89. The molecule has 0 aliphatic carbocycles. The molecule has 0 spiro atoms. The summed E-state index contributed by atoms with van der Waals surface area (Å²) in [5, 5.41) is 2.46. The summed E-state index contributed by atoms with van der Waals surface area (Å²) in [6, 6.07) is 23.4. The second kappa shape index (κ2) is 6.43. The molecule has 0 radical (unpaired) electrons. The predicted molar refractivity (Wildman–Crippen MR) is 108 cm³/mol. The van der Waals surface area contributed by atoms with Crippen LogP contribution in [-0.2, 0) is 6.54 Å². The van der Waals surface area contributed by atoms with Crippen molar-refractivity contribution in [2.75, 3.05) is 13.1 Å². The number of hydrogen-bond acceptors (Lipinski definition) is 2. The van der Waals surface area contributed by atoms with E-state index in [1.165, 1.54) is 21.9 Å². The number of aromatic nitrogens is 2. The molecule has 0 saturated carbocycles. The van der Waals surface area contributed by atoms with E-state index in [1.54, 1.807) is 0 Å². The van der Waals surface area contributed by atoms with Crippen LogP contribution < -0.4 is 0 Å². The van der Waals surface area contributed by atoms with E-state index in [9.17, 15) is 0 Å². The number of H-pyrrole nitrogens is 1. The van der Waals surface area contributed by atoms with Crippen LogP contribution in [0.4, 0.5) is 0 Å². The lowest BCUT2D eigenvalue weighted by Gasteiger charge is -2.25. The van der Waals surface area contributed by atoms with Crippen LogP contribution in [0, 0.1) is 0 Å². The SMILES string of the molecule is C1=C(c2ccccc2)CCN(Cc2nc3c(ccc4ccccc43)[nH]2)C1. The third-order valence-electron chi connectivity index (χ3n) is 5.24. The fourth-order valence-corrected chi connectivity index (χ4v) is 3.85. The Labute approximate surface area is 153 Å². The monoisotopic (exact) mass is 339 g/mol. The van der Waals surface area contributed by atoms with Crippen molar-refractivity contribution in [1.82, 2.24) is 14.9 Å². The van der Waals surface area contributed by atoms with Crippen LogP contribution >= 0.6 is 0 Å². The molecule has 1 aliphatic rings. The van der Waals surface area contributed by atoms with Gasteiger partial charge in [0.05, 0.1) is 17.6 Å². The van der Waals surface area contributed by atoms with Crippen molar-refractivity contribution in [2.45, 2.75) is 13.0 Å². The van der Waals surface area contributed by atoms with E-state index in [4.69, 9.17) is 4.98 Å². The number of rotatable bonds is 3. The van der Waals surface area contributed by atoms with Crippen LogP contribution in [0.2, 0.25) is 0 Å². The first-order chi connectivity index (χ1) is 12.9. The van der Waals surface area contributed by atoms with Crippen molar-refractivity contribution in [1.29, 1.82) is 0 Å². The molecule has 3 heteroatoms. The second-order valence-electron chi connectivity index (χ2n) is 6.95. The van der Waals surface area contributed by atoms with Gasteiger partial charge in [-0.3, -0.25) is 4.90 Å². The Morgan fingerprint density at radius 2 is 1.77 bits per heavy atom. The minimum absolute atomic E-state index is 0.863. The number of benzene rings is 3. The highest BCUT2D eigenvalue weighted by Crippen LogP contribution is 2.25. The number of fused-ring (bicyclic) bond motifs is 3. The van der Waals surface area contributed by atoms with Crippen LogP contribution in [-0.4, -0.2) is 28.0 Å². The highest BCUT2D eigenvalue weighted by atomic mass is 15.1. The standard InChI is InChI=1S/C23H21N3/c1-2-6-17(7-3-1)18-12-14-26(15-13-18)16-22-24-21-11-10-19-8-4-5-9-20(19)23(21)25-22/h1-12H,13-16H2,(H,24,25). The molecule has 4 aromatic rings. The van der Waals surface area contributed by atoms with Gasteiger partial charge in [0, 0.05) is 18.5 Å². The zero-order valence-corrected chi connectivity index (χ0v) is 14.7. The van der Waals surface area contributed by atoms with Crippen molar-refractivity contribution < 1.29 is 0 Å². The molecule has 0 atom stereocenters. The minimum Gasteiger partial charge on any atom is -0.341 e. The van der Waals surface area contributed by atoms with Crippen LogP contribution in [0.15, 0.2) is 72.8 Å². The van der Waals surface area contributed by atoms with Gasteiger partial charge < -0.3 is 4.98 Å². The molecule has 5 rings (SSSR count). The summed E-state index contributed by atoms with van der Waals surface area (Å²) < 4.78 is 0. The highest BCUT2D eigenvalue weighted by molar-refractivity contribution is 6.04. The van der Waals surface area contributed by atoms with Gasteiger partial charge in [0.2, 0.25) is 0 Å². The molecule has 0 fully saturated rings. The van der Waals surface area contributed by atoms with Gasteiger partial charge >= 0.3 is 0 Å². The minimum atomic E-state index is 0.863. The van der Waals surface area contributed by atoms with Crippen molar-refractivity contribution >= 4 is 27.4 Å². The third kappa shape index (κ3) is 2.80. The van der Waals surface area contributed by atoms with E-state index in [0.717, 1.165) is 42.9 Å². The van der Waals surface area contributed by atoms with E-state index < -0.39 is 0 Å². The first kappa shape index (κ1) is 15.4. The summed E-state index contributed by atoms with van der Waals surface area (Å²) in [7, 11) is 0. The van der Waals surface area contributed by atoms with E-state index in [0.29, 0.717) is 0 Å². The molecule has 0 amide bonds. The summed E-state index contributed by atoms with van der Waals surface area (Å²) in [5.41, 5.74) is 5.01. The van der Waals surface area contributed by atoms with Gasteiger partial charge in [0.15, 0.2) is 0 Å². The smallest absolute Gasteiger partial charge is 0.121 e. The van der Waals surface area contributed by atoms with Gasteiger partial charge in [0.1, 0.15) is 5.82 Å². The fraction of sp³-hybridized carbons (Fsp3) is 0.174. The highest BCUT2D eigenvalue weighted by Gasteiger charge is 2.15. The van der Waals surface area contributed by atoms with Gasteiger partial charge in [-0.05, 0) is 29.0 Å². The van der Waals surface area contributed by atoms with Crippen LogP contribution in [0.3, 0.4) is 0 Å². The van der Waals surface area contributed by atoms with E-state index in [2.05, 4.69) is 82.7 Å². The summed E-state index contributed by atoms with van der Waals surface area (Å²) in [5.74, 6) is 1.05. The molecule has 1 aliphatic heterocycles. The summed E-state index contributed by atoms with van der Waals surface area (Å²) >= 11 is 0. The molecule has 3 aromatic carbocycles. The summed E-state index contributed by atoms with van der Waals surface area (Å²) in [6.07, 6.45) is 3.45. The Morgan fingerprint density at radius 3 is 2.62 bits per heavy atom. The zero-order chi connectivity index (χ0) is 17.3. The van der Waals surface area contributed by atoms with E-state index in [-0.39, 0.29) is 0 Å². The molecule has 1 N–H and O–H groups in total. The normalized spacial score (nSPS) is 15.5. The topological polar surface area (TPSA) is 31.9 Å². The van der Waals surface area contributed by atoms with E-state index >= 15 is 0 Å². The van der Waals surface area contributed by atoms with Gasteiger partial charge in [-0.1, -0.05) is 66.7 Å². The predicted octanol–water partition coefficient (Wildman–Crippen LogP) is 5.01. The van der Waals surface area contributed by atoms with Crippen molar-refractivity contribution in [2.24, 2.45) is 0 Å². The number of hydrogen-bond donors (Lipinski definition) is 1. The Kier molecular flexibility index (Phi) is 3.80. The molecule has 0 saturated heterocycles. The lowest BCUT2D eigenvalue weighted by molar-refractivity contribution is 0.287. The Bertz CT molecular complexity index is 1090. The molecule has 26 heavy (non-hydrogen) atoms. The van der Waals surface area contributed by atoms with Crippen molar-refractivity contribution in [3.05, 3.63) is 84.2 Å². The first-order valence-corrected chi connectivity index (χ1v) is 9.20. The number of imidazole rings is 1. The Morgan fingerprint density at radius 1 is 0.923 bits per heavy atom. The summed E-state index contributed by atoms with van der Waals surface area (Å²) in [4.78, 5) is 10.8. The van der Waals surface area contributed by atoms with Crippen LogP contribution in [0.25, 0.3) is 27.4 Å². The molecular weight excluding hydrogens is 318 g/mol. The maximum atomic E-state index is 4.89. The Balaban J connectivity index is 1.37. The van der Waals surface area contributed by atoms with Crippen LogP contribution in [0.1, 0.15) is 17.8 Å². The molecule has 2 heterocycles. The largest absolute Gasteiger partial charge is 0.341 e. The molecule has 128 valence electrons. The molecule has 0 bridgehead atoms. The molecule has 3 nitrogen and oxygen atoms in total. The number of nitrogens with zero attached hydrogens (tertiary/aromatic N) is 2. The fourth-order valence-electron chi connectivity index (χ4n) is 3.85. The first-order valence-electron chi connectivity index (χ1n) is 9.20. The lowest BCUT2D eigenvalue weighted by atomic mass is 10.00. The van der Waals surface area contributed by atoms with Gasteiger partial charge in [-0.25, -0.2) is 4.98 Å². The number of aromatic amines is 1. The van der Waals surface area contributed by atoms with Gasteiger partial charge in [-0.15, -0.1) is 0 Å². The van der Waals surface area contributed by atoms with Gasteiger partial charge in [-0.2, -0.15) is 0 Å². The van der Waals surface area contributed by atoms with Crippen molar-refractivity contribution in [3.63, 3.8) is 0 Å². The average molecular weight is 339 g/mol. The quantitative estimate of drug-likeness (QED) is 0.569. The molecule has 0 unspecified atom stereocenters. The number of nitrogens with one attached hydrogen (secondary N) is 1. The van der Waals surface area contributed by atoms with Gasteiger partial charge in [0.25, 0.3) is 0 Å². The Hall–Kier alpha value is -2.91. The molecule has 1 aromatic heterocycles. The maximum Gasteiger partial charge on any atom is 0.121 e. The lowest BCUT2D eigenvalue weighted by Crippen LogP contribution is -2.28. The summed E-state index contributed by atoms with van der Waals surface area (Å²) in [6.45, 7) is 2.90. The van der Waals surface area contributed by atoms with E-state index in [1.807, 2.05) is 0 Å². The van der Waals surface area contributed by atoms with Crippen LogP contribution in [0.5, 0.6) is 0 Å². The second-order valence-corrected chi connectivity index (χ2v) is 6.95. The third-order valence-corrected chi connectivity index (χ3v) is 5.24. The van der Waals surface area contributed by atoms with Crippen molar-refractivity contribution in [3.8, 4) is 0 Å². The average Bonchev–Trinajstić information content (AvgIpc) is 3.12. The zero-order valence-electron chi connectivity index (χ0n) is 14.7. The molecular formula is C23H21N3.